The van der Waals surface area contributed by atoms with E-state index in [0.717, 1.165) is 73.2 Å². The lowest BCUT2D eigenvalue weighted by atomic mass is 9.82. The highest BCUT2D eigenvalue weighted by molar-refractivity contribution is 7.90. The van der Waals surface area contributed by atoms with Gasteiger partial charge < -0.3 is 19.0 Å². The molecule has 5 aromatic carbocycles. The molecule has 17 heteroatoms. The van der Waals surface area contributed by atoms with E-state index >= 15 is 0 Å². The van der Waals surface area contributed by atoms with Gasteiger partial charge in [-0.2, -0.15) is 0 Å². The fourth-order valence-electron chi connectivity index (χ4n) is 8.86. The molecule has 0 saturated carbocycles. The van der Waals surface area contributed by atoms with Gasteiger partial charge >= 0.3 is 0 Å². The lowest BCUT2D eigenvalue weighted by Crippen LogP contribution is -2.37. The van der Waals surface area contributed by atoms with Gasteiger partial charge in [0.25, 0.3) is 10.0 Å². The summed E-state index contributed by atoms with van der Waals surface area (Å²) in [6.45, 7) is 5.99. The fraction of sp³-hybridized carbons (Fsp3) is 0.354. The molecule has 65 heavy (non-hydrogen) atoms. The zero-order valence-corrected chi connectivity index (χ0v) is 40.1. The third kappa shape index (κ3) is 9.27. The minimum absolute atomic E-state index is 0.000138. The van der Waals surface area contributed by atoms with E-state index in [-0.39, 0.29) is 14.7 Å². The quantitative estimate of drug-likeness (QED) is 0.0765. The van der Waals surface area contributed by atoms with Crippen LogP contribution in [0.4, 0.5) is 22.7 Å². The van der Waals surface area contributed by atoms with Crippen molar-refractivity contribution in [1.82, 2.24) is 13.7 Å². The Labute approximate surface area is 383 Å². The number of hydrogen-bond donors (Lipinski definition) is 2. The molecule has 0 fully saturated rings. The van der Waals surface area contributed by atoms with Crippen molar-refractivity contribution < 1.29 is 39.3 Å². The van der Waals surface area contributed by atoms with Crippen LogP contribution in [0.15, 0.2) is 112 Å². The highest BCUT2D eigenvalue weighted by atomic mass is 32.2. The zero-order chi connectivity index (χ0) is 46.5. The maximum atomic E-state index is 14.1. The normalized spacial score (nSPS) is 15.8. The van der Waals surface area contributed by atoms with Gasteiger partial charge in [0, 0.05) is 98.5 Å². The summed E-state index contributed by atoms with van der Waals surface area (Å²) in [6, 6.07) is 28.9. The summed E-state index contributed by atoms with van der Waals surface area (Å²) in [6.07, 6.45) is 3.60. The van der Waals surface area contributed by atoms with Gasteiger partial charge in [0.1, 0.15) is 11.5 Å². The Bertz CT molecular complexity index is 3010. The molecule has 3 aliphatic rings. The minimum atomic E-state index is -4.25. The number of carbonyl (C=O) groups excluding carboxylic acids is 1. The van der Waals surface area contributed by atoms with Crippen LogP contribution < -0.4 is 24.0 Å². The molecule has 1 atom stereocenters. The van der Waals surface area contributed by atoms with Crippen molar-refractivity contribution >= 4 is 58.7 Å². The second-order valence-corrected chi connectivity index (χ2v) is 23.4. The third-order valence-corrected chi connectivity index (χ3v) is 17.2. The van der Waals surface area contributed by atoms with Crippen molar-refractivity contribution in [3.63, 3.8) is 0 Å². The summed E-state index contributed by atoms with van der Waals surface area (Å²) in [4.78, 5) is 17.2. The van der Waals surface area contributed by atoms with Crippen LogP contribution in [0.25, 0.3) is 0 Å². The average Bonchev–Trinajstić information content (AvgIpc) is 3.90. The highest BCUT2D eigenvalue weighted by Crippen LogP contribution is 2.52. The number of fused-ring (bicyclic) bond motifs is 4. The van der Waals surface area contributed by atoms with Gasteiger partial charge in [0.15, 0.2) is 0 Å². The van der Waals surface area contributed by atoms with E-state index in [9.17, 15) is 30.0 Å². The molecule has 0 spiro atoms. The van der Waals surface area contributed by atoms with Crippen LogP contribution in [0.5, 0.6) is 11.5 Å². The van der Waals surface area contributed by atoms with Crippen LogP contribution >= 0.6 is 0 Å². The van der Waals surface area contributed by atoms with Gasteiger partial charge in [-0.3, -0.25) is 4.79 Å². The molecule has 3 aliphatic heterocycles. The Morgan fingerprint density at radius 1 is 0.692 bits per heavy atom. The SMILES string of the molecule is CCCCNS(=O)(=O)c1ccc2c(c1)CCN2c1ccc2c(c1)Oc1cc(N3CCc4cc(S(=O)(=O)NCCC[N+](C)(C)C)ccc43)ccc1C2c1ccccc1S(=O)(=O)N(C)C(C)=O. The Hall–Kier alpha value is -5.30. The number of nitrogens with one attached hydrogen (secondary N) is 2. The number of anilines is 4. The molecule has 0 bridgehead atoms. The van der Waals surface area contributed by atoms with Gasteiger partial charge in [-0.25, -0.2) is 39.0 Å². The number of benzene rings is 5. The van der Waals surface area contributed by atoms with Gasteiger partial charge in [-0.05, 0) is 90.6 Å². The van der Waals surface area contributed by atoms with E-state index in [0.29, 0.717) is 62.5 Å². The molecule has 8 rings (SSSR count). The van der Waals surface area contributed by atoms with Crippen molar-refractivity contribution in [1.29, 1.82) is 0 Å². The number of amides is 1. The molecular weight excluding hydrogens is 885 g/mol. The summed E-state index contributed by atoms with van der Waals surface area (Å²) in [7, 11) is -4.14. The third-order valence-electron chi connectivity index (χ3n) is 12.4. The van der Waals surface area contributed by atoms with Gasteiger partial charge in [-0.1, -0.05) is 43.7 Å². The zero-order valence-electron chi connectivity index (χ0n) is 37.7. The second kappa shape index (κ2) is 17.8. The lowest BCUT2D eigenvalue weighted by Gasteiger charge is -2.32. The Balaban J connectivity index is 1.15. The van der Waals surface area contributed by atoms with Crippen LogP contribution in [0.3, 0.4) is 0 Å². The number of sulfonamides is 3. The van der Waals surface area contributed by atoms with E-state index in [1.807, 2.05) is 55.5 Å². The minimum Gasteiger partial charge on any atom is -0.457 e. The summed E-state index contributed by atoms with van der Waals surface area (Å²) in [5, 5.41) is 0. The fourth-order valence-corrected chi connectivity index (χ4v) is 12.5. The molecule has 5 aromatic rings. The number of carbonyl (C=O) groups is 1. The van der Waals surface area contributed by atoms with Crippen molar-refractivity contribution in [3.05, 3.63) is 125 Å². The number of hydrogen-bond acceptors (Lipinski definition) is 10. The first-order valence-electron chi connectivity index (χ1n) is 21.9. The predicted molar refractivity (Wildman–Crippen MR) is 253 cm³/mol. The molecule has 2 N–H and O–H groups in total. The van der Waals surface area contributed by atoms with E-state index in [4.69, 9.17) is 4.74 Å². The number of ether oxygens (including phenoxy) is 1. The summed E-state index contributed by atoms with van der Waals surface area (Å²) in [5.74, 6) is -0.201. The van der Waals surface area contributed by atoms with Gasteiger partial charge in [0.2, 0.25) is 26.0 Å². The molecule has 3 heterocycles. The molecule has 0 aliphatic carbocycles. The Morgan fingerprint density at radius 2 is 1.20 bits per heavy atom. The van der Waals surface area contributed by atoms with E-state index in [2.05, 4.69) is 40.4 Å². The van der Waals surface area contributed by atoms with Crippen molar-refractivity contribution in [3.8, 4) is 11.5 Å². The molecule has 14 nitrogen and oxygen atoms in total. The van der Waals surface area contributed by atoms with Crippen LogP contribution in [0.1, 0.15) is 66.8 Å². The van der Waals surface area contributed by atoms with E-state index in [1.165, 1.54) is 20.0 Å². The lowest BCUT2D eigenvalue weighted by molar-refractivity contribution is -0.870. The number of rotatable bonds is 16. The summed E-state index contributed by atoms with van der Waals surface area (Å²) >= 11 is 0. The second-order valence-electron chi connectivity index (χ2n) is 17.9. The van der Waals surface area contributed by atoms with Crippen molar-refractivity contribution in [2.24, 2.45) is 0 Å². The average molecular weight is 942 g/mol. The Kier molecular flexibility index (Phi) is 12.7. The number of nitrogens with zero attached hydrogens (tertiary/aromatic N) is 4. The first-order chi connectivity index (χ1) is 30.8. The van der Waals surface area contributed by atoms with Gasteiger partial charge in [0.05, 0.1) is 42.4 Å². The summed E-state index contributed by atoms with van der Waals surface area (Å²) in [5.41, 5.74) is 7.15. The first-order valence-corrected chi connectivity index (χ1v) is 26.3. The van der Waals surface area contributed by atoms with Crippen molar-refractivity contribution in [2.45, 2.75) is 66.6 Å². The van der Waals surface area contributed by atoms with Crippen LogP contribution in [0, 0.1) is 0 Å². The topological polar surface area (TPSA) is 162 Å². The standard InChI is InChI=1S/C48H57N6O8S3/c1-7-8-24-49-63(56,57)38-16-20-43-34(29-38)22-26-52(43)36-14-18-40-45(31-36)62-46-32-37(15-19-41(46)48(40)42-12-9-10-13-47(42)65(60,61)51(3)33(2)55)53-27-23-35-30-39(17-21-44(35)53)64(58,59)50-25-11-28-54(4,5)6/h9-10,12-21,29-32,48-50H,7-8,11,22-28H2,1-6H3/q+1. The summed E-state index contributed by atoms with van der Waals surface area (Å²) < 4.78 is 94.7. The van der Waals surface area contributed by atoms with Crippen LogP contribution in [-0.2, 0) is 47.7 Å². The van der Waals surface area contributed by atoms with Crippen LogP contribution in [0.2, 0.25) is 0 Å². The smallest absolute Gasteiger partial charge is 0.266 e. The Morgan fingerprint density at radius 3 is 1.69 bits per heavy atom. The molecule has 1 unspecified atom stereocenters. The predicted octanol–water partition coefficient (Wildman–Crippen LogP) is 6.98. The maximum absolute atomic E-state index is 14.1. The monoisotopic (exact) mass is 941 g/mol. The molecule has 0 radical (unpaired) electrons. The van der Waals surface area contributed by atoms with E-state index < -0.39 is 41.9 Å². The number of quaternary nitrogens is 1. The first kappa shape index (κ1) is 46.2. The van der Waals surface area contributed by atoms with Crippen molar-refractivity contribution in [2.75, 3.05) is 70.7 Å². The molecule has 0 saturated heterocycles. The largest absolute Gasteiger partial charge is 0.457 e. The van der Waals surface area contributed by atoms with Crippen LogP contribution in [-0.4, -0.2) is 101 Å². The highest BCUT2D eigenvalue weighted by Gasteiger charge is 2.36. The van der Waals surface area contributed by atoms with E-state index in [1.54, 1.807) is 42.5 Å². The maximum Gasteiger partial charge on any atom is 0.266 e. The van der Waals surface area contributed by atoms with Gasteiger partial charge in [-0.15, -0.1) is 0 Å². The molecular formula is C48H57N6O8S3+. The molecule has 344 valence electrons. The molecule has 0 aromatic heterocycles. The molecule has 1 amide bonds. The number of unbranched alkanes of at least 4 members (excludes halogenated alkanes) is 1.